The van der Waals surface area contributed by atoms with Crippen molar-refractivity contribution in [3.63, 3.8) is 0 Å². The van der Waals surface area contributed by atoms with Crippen LogP contribution in [0.1, 0.15) is 37.7 Å². The van der Waals surface area contributed by atoms with Crippen molar-refractivity contribution in [2.45, 2.75) is 44.7 Å². The number of benzene rings is 1. The number of carbonyl (C=O) groups excluding carboxylic acids is 1. The highest BCUT2D eigenvalue weighted by Gasteiger charge is 2.34. The van der Waals surface area contributed by atoms with E-state index in [9.17, 15) is 4.79 Å². The second-order valence-electron chi connectivity index (χ2n) is 5.73. The summed E-state index contributed by atoms with van der Waals surface area (Å²) in [4.78, 5) is 14.6. The van der Waals surface area contributed by atoms with Gasteiger partial charge in [0.15, 0.2) is 0 Å². The number of likely N-dealkylation sites (tertiary alicyclic amines) is 1. The summed E-state index contributed by atoms with van der Waals surface area (Å²) in [7, 11) is 0. The van der Waals surface area contributed by atoms with Gasteiger partial charge in [0.25, 0.3) is 0 Å². The quantitative estimate of drug-likeness (QED) is 0.845. The van der Waals surface area contributed by atoms with E-state index in [1.807, 2.05) is 11.0 Å². The van der Waals surface area contributed by atoms with E-state index in [1.54, 1.807) is 0 Å². The molecule has 1 saturated heterocycles. The van der Waals surface area contributed by atoms with Gasteiger partial charge in [-0.3, -0.25) is 4.79 Å². The van der Waals surface area contributed by atoms with Crippen molar-refractivity contribution in [2.24, 2.45) is 0 Å². The number of hydrogen-bond donors (Lipinski definition) is 0. The van der Waals surface area contributed by atoms with E-state index in [1.165, 1.54) is 16.6 Å². The number of hydrogen-bond acceptors (Lipinski definition) is 4. The van der Waals surface area contributed by atoms with Crippen LogP contribution in [0.3, 0.4) is 0 Å². The average Bonchev–Trinajstić information content (AvgIpc) is 3.21. The molecule has 6 heteroatoms. The Morgan fingerprint density at radius 2 is 2.18 bits per heavy atom. The van der Waals surface area contributed by atoms with E-state index >= 15 is 0 Å². The SMILES string of the molecule is CCC(c1ccccc1)C1CCCN1C(=O)Cn1cnnn1. The van der Waals surface area contributed by atoms with Crippen LogP contribution in [0.5, 0.6) is 0 Å². The van der Waals surface area contributed by atoms with Crippen LogP contribution in [-0.2, 0) is 11.3 Å². The van der Waals surface area contributed by atoms with Gasteiger partial charge in [0.05, 0.1) is 0 Å². The van der Waals surface area contributed by atoms with Crippen LogP contribution in [0.4, 0.5) is 0 Å². The first-order valence-electron chi connectivity index (χ1n) is 7.84. The first-order valence-corrected chi connectivity index (χ1v) is 7.84. The molecule has 0 saturated carbocycles. The summed E-state index contributed by atoms with van der Waals surface area (Å²) in [5, 5.41) is 10.9. The third-order valence-electron chi connectivity index (χ3n) is 4.44. The topological polar surface area (TPSA) is 63.9 Å². The summed E-state index contributed by atoms with van der Waals surface area (Å²) >= 11 is 0. The van der Waals surface area contributed by atoms with Gasteiger partial charge in [-0.05, 0) is 35.3 Å². The molecule has 1 aliphatic heterocycles. The maximum atomic E-state index is 12.6. The molecule has 22 heavy (non-hydrogen) atoms. The van der Waals surface area contributed by atoms with Crippen molar-refractivity contribution in [1.29, 1.82) is 0 Å². The largest absolute Gasteiger partial charge is 0.337 e. The third kappa shape index (κ3) is 3.00. The zero-order valence-corrected chi connectivity index (χ0v) is 12.8. The number of tetrazole rings is 1. The van der Waals surface area contributed by atoms with Crippen molar-refractivity contribution in [2.75, 3.05) is 6.54 Å². The Balaban J connectivity index is 1.75. The van der Waals surface area contributed by atoms with E-state index in [-0.39, 0.29) is 18.5 Å². The molecule has 1 amide bonds. The van der Waals surface area contributed by atoms with Crippen molar-refractivity contribution >= 4 is 5.91 Å². The van der Waals surface area contributed by atoms with Crippen molar-refractivity contribution in [3.8, 4) is 0 Å². The van der Waals surface area contributed by atoms with Crippen LogP contribution < -0.4 is 0 Å². The monoisotopic (exact) mass is 299 g/mol. The van der Waals surface area contributed by atoms with Gasteiger partial charge in [-0.25, -0.2) is 4.68 Å². The first kappa shape index (κ1) is 14.7. The van der Waals surface area contributed by atoms with E-state index in [2.05, 4.69) is 46.7 Å². The molecule has 2 unspecified atom stereocenters. The van der Waals surface area contributed by atoms with Gasteiger partial charge in [-0.1, -0.05) is 37.3 Å². The molecule has 2 heterocycles. The van der Waals surface area contributed by atoms with E-state index < -0.39 is 0 Å². The lowest BCUT2D eigenvalue weighted by Crippen LogP contribution is -2.41. The molecule has 0 spiro atoms. The summed E-state index contributed by atoms with van der Waals surface area (Å²) in [6, 6.07) is 10.8. The van der Waals surface area contributed by atoms with Gasteiger partial charge in [0.1, 0.15) is 12.9 Å². The average molecular weight is 299 g/mol. The van der Waals surface area contributed by atoms with Gasteiger partial charge < -0.3 is 4.90 Å². The highest BCUT2D eigenvalue weighted by Crippen LogP contribution is 2.33. The van der Waals surface area contributed by atoms with Crippen LogP contribution in [0.2, 0.25) is 0 Å². The number of rotatable bonds is 5. The van der Waals surface area contributed by atoms with Gasteiger partial charge in [-0.15, -0.1) is 5.10 Å². The Kier molecular flexibility index (Phi) is 4.46. The third-order valence-corrected chi connectivity index (χ3v) is 4.44. The Labute approximate surface area is 130 Å². The van der Waals surface area contributed by atoms with Crippen LogP contribution >= 0.6 is 0 Å². The fourth-order valence-electron chi connectivity index (χ4n) is 3.43. The normalized spacial score (nSPS) is 19.3. The molecule has 2 atom stereocenters. The number of nitrogens with zero attached hydrogens (tertiary/aromatic N) is 5. The Morgan fingerprint density at radius 1 is 1.36 bits per heavy atom. The lowest BCUT2D eigenvalue weighted by Gasteiger charge is -2.31. The molecule has 2 aromatic rings. The van der Waals surface area contributed by atoms with Gasteiger partial charge in [-0.2, -0.15) is 0 Å². The molecule has 1 aliphatic rings. The van der Waals surface area contributed by atoms with Crippen LogP contribution in [0.25, 0.3) is 0 Å². The molecule has 1 aromatic heterocycles. The smallest absolute Gasteiger partial charge is 0.244 e. The Hall–Kier alpha value is -2.24. The molecule has 0 radical (unpaired) electrons. The molecule has 3 rings (SSSR count). The van der Waals surface area contributed by atoms with Gasteiger partial charge >= 0.3 is 0 Å². The Morgan fingerprint density at radius 3 is 2.86 bits per heavy atom. The predicted octanol–water partition coefficient (Wildman–Crippen LogP) is 1.86. The summed E-state index contributed by atoms with van der Waals surface area (Å²) < 4.78 is 1.49. The fraction of sp³-hybridized carbons (Fsp3) is 0.500. The molecule has 1 fully saturated rings. The van der Waals surface area contributed by atoms with Crippen LogP contribution in [-0.4, -0.2) is 43.6 Å². The minimum absolute atomic E-state index is 0.101. The predicted molar refractivity (Wildman–Crippen MR) is 82.0 cm³/mol. The molecule has 0 aliphatic carbocycles. The number of aromatic nitrogens is 4. The fourth-order valence-corrected chi connectivity index (χ4v) is 3.43. The van der Waals surface area contributed by atoms with Crippen LogP contribution in [0, 0.1) is 0 Å². The maximum Gasteiger partial charge on any atom is 0.244 e. The van der Waals surface area contributed by atoms with Gasteiger partial charge in [0, 0.05) is 18.5 Å². The zero-order chi connectivity index (χ0) is 15.4. The molecule has 6 nitrogen and oxygen atoms in total. The minimum atomic E-state index is 0.101. The highest BCUT2D eigenvalue weighted by molar-refractivity contribution is 5.76. The molecule has 1 aromatic carbocycles. The second-order valence-corrected chi connectivity index (χ2v) is 5.73. The molecular formula is C16H21N5O. The lowest BCUT2D eigenvalue weighted by atomic mass is 9.87. The summed E-state index contributed by atoms with van der Waals surface area (Å²) in [5.74, 6) is 0.491. The second kappa shape index (κ2) is 6.68. The molecule has 0 N–H and O–H groups in total. The van der Waals surface area contributed by atoms with Crippen molar-refractivity contribution < 1.29 is 4.79 Å². The summed E-state index contributed by atoms with van der Waals surface area (Å²) in [6.07, 6.45) is 4.64. The maximum absolute atomic E-state index is 12.6. The lowest BCUT2D eigenvalue weighted by molar-refractivity contribution is -0.133. The van der Waals surface area contributed by atoms with Gasteiger partial charge in [0.2, 0.25) is 5.91 Å². The number of carbonyl (C=O) groups is 1. The summed E-state index contributed by atoms with van der Waals surface area (Å²) in [6.45, 7) is 3.24. The molecule has 116 valence electrons. The first-order chi connectivity index (χ1) is 10.8. The van der Waals surface area contributed by atoms with E-state index in [0.29, 0.717) is 5.92 Å². The molecular weight excluding hydrogens is 278 g/mol. The van der Waals surface area contributed by atoms with Crippen LogP contribution in [0.15, 0.2) is 36.7 Å². The minimum Gasteiger partial charge on any atom is -0.337 e. The van der Waals surface area contributed by atoms with Crippen molar-refractivity contribution in [3.05, 3.63) is 42.2 Å². The number of amides is 1. The highest BCUT2D eigenvalue weighted by atomic mass is 16.2. The zero-order valence-electron chi connectivity index (χ0n) is 12.8. The standard InChI is InChI=1S/C16H21N5O/c1-2-14(13-7-4-3-5-8-13)15-9-6-10-21(15)16(22)11-20-12-17-18-19-20/h3-5,7-8,12,14-15H,2,6,9-11H2,1H3. The Bertz CT molecular complexity index is 598. The van der Waals surface area contributed by atoms with E-state index in [0.717, 1.165) is 25.8 Å². The van der Waals surface area contributed by atoms with E-state index in [4.69, 9.17) is 0 Å². The summed E-state index contributed by atoms with van der Waals surface area (Å²) in [5.41, 5.74) is 1.32. The molecule has 0 bridgehead atoms. The van der Waals surface area contributed by atoms with Crippen molar-refractivity contribution in [1.82, 2.24) is 25.1 Å².